The Kier molecular flexibility index (Phi) is 4.53. The SMILES string of the molecule is C=C/C=C(/Nc1cccc2oc3ccc4ccccc4c3c12)C1=C(C)C(C)(C)c2ccccc21. The molecule has 5 aromatic rings. The third-order valence-corrected chi connectivity index (χ3v) is 7.39. The number of fused-ring (bicyclic) bond motifs is 6. The summed E-state index contributed by atoms with van der Waals surface area (Å²) in [4.78, 5) is 0. The maximum atomic E-state index is 6.29. The monoisotopic (exact) mass is 441 g/mol. The van der Waals surface area contributed by atoms with Crippen LogP contribution in [-0.4, -0.2) is 0 Å². The Morgan fingerprint density at radius 1 is 0.853 bits per heavy atom. The maximum absolute atomic E-state index is 6.29. The van der Waals surface area contributed by atoms with E-state index in [9.17, 15) is 0 Å². The second-order valence-electron chi connectivity index (χ2n) is 9.55. The van der Waals surface area contributed by atoms with Crippen LogP contribution >= 0.6 is 0 Å². The van der Waals surface area contributed by atoms with Gasteiger partial charge in [0, 0.05) is 22.1 Å². The topological polar surface area (TPSA) is 25.2 Å². The Balaban J connectivity index is 1.59. The first-order valence-corrected chi connectivity index (χ1v) is 11.7. The van der Waals surface area contributed by atoms with E-state index in [1.54, 1.807) is 0 Å². The summed E-state index contributed by atoms with van der Waals surface area (Å²) in [5, 5.41) is 8.45. The summed E-state index contributed by atoms with van der Waals surface area (Å²) < 4.78 is 6.29. The zero-order valence-electron chi connectivity index (χ0n) is 19.8. The molecule has 0 aliphatic heterocycles. The molecule has 0 atom stereocenters. The lowest BCUT2D eigenvalue weighted by Crippen LogP contribution is -2.15. The molecule has 6 rings (SSSR count). The lowest BCUT2D eigenvalue weighted by atomic mass is 9.82. The van der Waals surface area contributed by atoms with Crippen molar-refractivity contribution in [3.05, 3.63) is 120 Å². The summed E-state index contributed by atoms with van der Waals surface area (Å²) in [7, 11) is 0. The quantitative estimate of drug-likeness (QED) is 0.282. The highest BCUT2D eigenvalue weighted by atomic mass is 16.3. The number of rotatable bonds is 4. The van der Waals surface area contributed by atoms with Crippen LogP contribution in [0.1, 0.15) is 31.9 Å². The van der Waals surface area contributed by atoms with Gasteiger partial charge in [-0.3, -0.25) is 0 Å². The molecule has 166 valence electrons. The van der Waals surface area contributed by atoms with Crippen molar-refractivity contribution in [3.8, 4) is 0 Å². The van der Waals surface area contributed by atoms with Crippen molar-refractivity contribution in [2.45, 2.75) is 26.2 Å². The summed E-state index contributed by atoms with van der Waals surface area (Å²) >= 11 is 0. The number of hydrogen-bond acceptors (Lipinski definition) is 2. The van der Waals surface area contributed by atoms with E-state index < -0.39 is 0 Å². The highest BCUT2D eigenvalue weighted by molar-refractivity contribution is 6.22. The van der Waals surface area contributed by atoms with Gasteiger partial charge in [-0.2, -0.15) is 0 Å². The predicted octanol–water partition coefficient (Wildman–Crippen LogP) is 8.99. The minimum atomic E-state index is -0.0294. The molecule has 0 radical (unpaired) electrons. The van der Waals surface area contributed by atoms with Crippen LogP contribution in [0, 0.1) is 0 Å². The number of anilines is 1. The number of benzene rings is 4. The van der Waals surface area contributed by atoms with Crippen molar-refractivity contribution in [2.75, 3.05) is 5.32 Å². The van der Waals surface area contributed by atoms with Crippen molar-refractivity contribution in [2.24, 2.45) is 0 Å². The van der Waals surface area contributed by atoms with Gasteiger partial charge in [0.25, 0.3) is 0 Å². The van der Waals surface area contributed by atoms with Crippen LogP contribution in [-0.2, 0) is 5.41 Å². The molecule has 2 heteroatoms. The molecular formula is C32H27NO. The molecule has 1 aliphatic rings. The predicted molar refractivity (Wildman–Crippen MR) is 145 cm³/mol. The van der Waals surface area contributed by atoms with E-state index in [4.69, 9.17) is 4.42 Å². The Bertz CT molecular complexity index is 1680. The van der Waals surface area contributed by atoms with E-state index >= 15 is 0 Å². The van der Waals surface area contributed by atoms with Gasteiger partial charge in [-0.15, -0.1) is 0 Å². The molecule has 0 fully saturated rings. The smallest absolute Gasteiger partial charge is 0.137 e. The number of furan rings is 1. The highest BCUT2D eigenvalue weighted by Crippen LogP contribution is 2.49. The van der Waals surface area contributed by atoms with Crippen molar-refractivity contribution >= 4 is 44.0 Å². The van der Waals surface area contributed by atoms with Crippen LogP contribution in [0.15, 0.2) is 113 Å². The molecule has 0 saturated heterocycles. The first-order valence-electron chi connectivity index (χ1n) is 11.7. The second kappa shape index (κ2) is 7.50. The van der Waals surface area contributed by atoms with Gasteiger partial charge in [0.1, 0.15) is 11.2 Å². The fourth-order valence-electron chi connectivity index (χ4n) is 5.45. The second-order valence-corrected chi connectivity index (χ2v) is 9.55. The standard InChI is InChI=1S/C32H27NO/c1-5-11-25(29-20(2)32(3,4)24-15-9-8-14-23(24)29)33-26-16-10-17-27-31(26)30-22-13-7-6-12-21(22)18-19-28(30)34-27/h5-19,33H,1H2,2-4H3/b25-11+. The van der Waals surface area contributed by atoms with Gasteiger partial charge in [0.05, 0.1) is 11.1 Å². The molecule has 1 aliphatic carbocycles. The molecule has 1 heterocycles. The fourth-order valence-corrected chi connectivity index (χ4v) is 5.45. The van der Waals surface area contributed by atoms with Crippen LogP contribution in [0.25, 0.3) is 38.3 Å². The van der Waals surface area contributed by atoms with Gasteiger partial charge in [-0.25, -0.2) is 0 Å². The number of nitrogens with one attached hydrogen (secondary N) is 1. The van der Waals surface area contributed by atoms with E-state index in [-0.39, 0.29) is 5.41 Å². The molecular weight excluding hydrogens is 414 g/mol. The Hall–Kier alpha value is -4.04. The molecule has 34 heavy (non-hydrogen) atoms. The minimum absolute atomic E-state index is 0.0294. The largest absolute Gasteiger partial charge is 0.456 e. The normalized spacial score (nSPS) is 15.3. The van der Waals surface area contributed by atoms with Crippen LogP contribution in [0.3, 0.4) is 0 Å². The molecule has 0 bridgehead atoms. The zero-order chi connectivity index (χ0) is 23.4. The van der Waals surface area contributed by atoms with Gasteiger partial charge in [-0.05, 0) is 53.1 Å². The summed E-state index contributed by atoms with van der Waals surface area (Å²) in [6.45, 7) is 10.9. The maximum Gasteiger partial charge on any atom is 0.137 e. The first-order chi connectivity index (χ1) is 16.5. The molecule has 1 aromatic heterocycles. The number of hydrogen-bond donors (Lipinski definition) is 1. The van der Waals surface area contributed by atoms with Crippen molar-refractivity contribution < 1.29 is 4.42 Å². The molecule has 4 aromatic carbocycles. The lowest BCUT2D eigenvalue weighted by molar-refractivity contribution is 0.639. The van der Waals surface area contributed by atoms with Crippen molar-refractivity contribution in [1.29, 1.82) is 0 Å². The summed E-state index contributed by atoms with van der Waals surface area (Å²) in [5.74, 6) is 0. The molecule has 0 saturated carbocycles. The van der Waals surface area contributed by atoms with Crippen LogP contribution < -0.4 is 5.32 Å². The molecule has 0 amide bonds. The van der Waals surface area contributed by atoms with Gasteiger partial charge >= 0.3 is 0 Å². The van der Waals surface area contributed by atoms with Gasteiger partial charge in [0.2, 0.25) is 0 Å². The van der Waals surface area contributed by atoms with Crippen LogP contribution in [0.4, 0.5) is 5.69 Å². The number of allylic oxidation sites excluding steroid dienone is 4. The van der Waals surface area contributed by atoms with E-state index in [0.29, 0.717) is 0 Å². The molecule has 1 N–H and O–H groups in total. The highest BCUT2D eigenvalue weighted by Gasteiger charge is 2.36. The first kappa shape index (κ1) is 20.6. The molecule has 2 nitrogen and oxygen atoms in total. The van der Waals surface area contributed by atoms with E-state index in [2.05, 4.69) is 112 Å². The average Bonchev–Trinajstić information content (AvgIpc) is 3.33. The zero-order valence-corrected chi connectivity index (χ0v) is 19.8. The summed E-state index contributed by atoms with van der Waals surface area (Å²) in [6.07, 6.45) is 3.94. The molecule has 0 unspecified atom stereocenters. The van der Waals surface area contributed by atoms with Crippen molar-refractivity contribution in [1.82, 2.24) is 0 Å². The van der Waals surface area contributed by atoms with Gasteiger partial charge in [0.15, 0.2) is 0 Å². The van der Waals surface area contributed by atoms with E-state index in [0.717, 1.165) is 33.3 Å². The fraction of sp³-hybridized carbons (Fsp3) is 0.125. The third-order valence-electron chi connectivity index (χ3n) is 7.39. The van der Waals surface area contributed by atoms with E-state index in [1.165, 1.54) is 33.0 Å². The molecule has 0 spiro atoms. The van der Waals surface area contributed by atoms with Gasteiger partial charge in [-0.1, -0.05) is 92.7 Å². The Morgan fingerprint density at radius 2 is 1.62 bits per heavy atom. The lowest BCUT2D eigenvalue weighted by Gasteiger charge is -2.22. The third kappa shape index (κ3) is 2.88. The van der Waals surface area contributed by atoms with Crippen molar-refractivity contribution in [3.63, 3.8) is 0 Å². The van der Waals surface area contributed by atoms with Crippen LogP contribution in [0.5, 0.6) is 0 Å². The average molecular weight is 442 g/mol. The van der Waals surface area contributed by atoms with Crippen LogP contribution in [0.2, 0.25) is 0 Å². The van der Waals surface area contributed by atoms with E-state index in [1.807, 2.05) is 12.1 Å². The summed E-state index contributed by atoms with van der Waals surface area (Å²) in [6, 6.07) is 27.6. The Morgan fingerprint density at radius 3 is 2.47 bits per heavy atom. The minimum Gasteiger partial charge on any atom is -0.456 e. The Labute approximate surface area is 199 Å². The summed E-state index contributed by atoms with van der Waals surface area (Å²) in [5.41, 5.74) is 9.07. The van der Waals surface area contributed by atoms with Gasteiger partial charge < -0.3 is 9.73 Å².